The molecule has 0 saturated carbocycles. The lowest BCUT2D eigenvalue weighted by Gasteiger charge is -2.12. The highest BCUT2D eigenvalue weighted by atomic mass is 79.9. The molecule has 96 valence electrons. The predicted molar refractivity (Wildman–Crippen MR) is 73.7 cm³/mol. The lowest BCUT2D eigenvalue weighted by molar-refractivity contribution is -0.385. The zero-order valence-electron chi connectivity index (χ0n) is 10.4. The van der Waals surface area contributed by atoms with Crippen molar-refractivity contribution in [2.45, 2.75) is 31.5 Å². The first kappa shape index (κ1) is 14.7. The van der Waals surface area contributed by atoms with Gasteiger partial charge in [0, 0.05) is 10.9 Å². The van der Waals surface area contributed by atoms with Crippen LogP contribution in [0.4, 0.5) is 5.69 Å². The monoisotopic (exact) mass is 310 g/mol. The van der Waals surface area contributed by atoms with E-state index >= 15 is 0 Å². The minimum absolute atomic E-state index is 0.127. The summed E-state index contributed by atoms with van der Waals surface area (Å²) in [5, 5.41) is 19.6. The third kappa shape index (κ3) is 4.11. The molecule has 0 spiro atoms. The Morgan fingerprint density at radius 2 is 2.17 bits per heavy atom. The molecule has 1 aromatic carbocycles. The van der Waals surface area contributed by atoms with Gasteiger partial charge >= 0.3 is 0 Å². The van der Waals surface area contributed by atoms with Crippen molar-refractivity contribution >= 4 is 21.6 Å². The molecule has 0 amide bonds. The molecule has 0 aliphatic rings. The van der Waals surface area contributed by atoms with Crippen molar-refractivity contribution in [1.82, 2.24) is 0 Å². The highest BCUT2D eigenvalue weighted by Crippen LogP contribution is 2.23. The van der Waals surface area contributed by atoms with Crippen LogP contribution >= 0.6 is 15.9 Å². The number of rotatable bonds is 5. The lowest BCUT2D eigenvalue weighted by atomic mass is 10.0. The third-order valence-electron chi connectivity index (χ3n) is 2.56. The van der Waals surface area contributed by atoms with Crippen molar-refractivity contribution in [3.05, 3.63) is 39.4 Å². The van der Waals surface area contributed by atoms with Gasteiger partial charge in [-0.15, -0.1) is 0 Å². The van der Waals surface area contributed by atoms with E-state index in [9.17, 15) is 10.1 Å². The van der Waals surface area contributed by atoms with E-state index in [-0.39, 0.29) is 11.3 Å². The Morgan fingerprint density at radius 3 is 2.67 bits per heavy atom. The van der Waals surface area contributed by atoms with Crippen molar-refractivity contribution in [1.29, 1.82) is 5.26 Å². The van der Waals surface area contributed by atoms with Gasteiger partial charge in [0.05, 0.1) is 4.92 Å². The summed E-state index contributed by atoms with van der Waals surface area (Å²) < 4.78 is 0. The number of hydrogen-bond acceptors (Lipinski definition) is 3. The number of benzene rings is 1. The molecule has 0 aliphatic heterocycles. The first-order chi connectivity index (χ1) is 8.43. The van der Waals surface area contributed by atoms with Crippen LogP contribution in [0.15, 0.2) is 18.2 Å². The molecule has 0 bridgehead atoms. The molecule has 1 rings (SSSR count). The minimum Gasteiger partial charge on any atom is -0.258 e. The number of nitro groups is 1. The van der Waals surface area contributed by atoms with Crippen LogP contribution in [0.3, 0.4) is 0 Å². The molecule has 1 atom stereocenters. The van der Waals surface area contributed by atoms with Crippen molar-refractivity contribution in [2.75, 3.05) is 0 Å². The van der Waals surface area contributed by atoms with E-state index in [0.29, 0.717) is 10.7 Å². The van der Waals surface area contributed by atoms with E-state index in [2.05, 4.69) is 29.8 Å². The smallest absolute Gasteiger partial charge is 0.258 e. The lowest BCUT2D eigenvalue weighted by Crippen LogP contribution is -2.07. The summed E-state index contributed by atoms with van der Waals surface area (Å²) in [6.07, 6.45) is 1.80. The summed E-state index contributed by atoms with van der Waals surface area (Å²) in [7, 11) is 0. The molecular formula is C13H15BrN2O2. The molecule has 0 aromatic heterocycles. The molecular weight excluding hydrogens is 296 g/mol. The Balaban J connectivity index is 2.87. The Bertz CT molecular complexity index is 480. The fourth-order valence-electron chi connectivity index (χ4n) is 1.81. The summed E-state index contributed by atoms with van der Waals surface area (Å²) in [5.74, 6) is 0.586. The van der Waals surface area contributed by atoms with Crippen LogP contribution in [-0.2, 0) is 6.42 Å². The number of nitro benzene ring substituents is 1. The van der Waals surface area contributed by atoms with E-state index in [0.717, 1.165) is 18.4 Å². The van der Waals surface area contributed by atoms with Gasteiger partial charge in [0.1, 0.15) is 11.6 Å². The molecule has 0 heterocycles. The van der Waals surface area contributed by atoms with E-state index in [1.54, 1.807) is 12.1 Å². The zero-order valence-corrected chi connectivity index (χ0v) is 12.0. The SMILES string of the molecule is CC(C)CC(Br)Cc1ccc([N+](=O)[O-])c(C#N)c1. The largest absolute Gasteiger partial charge is 0.287 e. The van der Waals surface area contributed by atoms with Gasteiger partial charge in [-0.2, -0.15) is 5.26 Å². The van der Waals surface area contributed by atoms with Crippen molar-refractivity contribution in [2.24, 2.45) is 5.92 Å². The van der Waals surface area contributed by atoms with Crippen LogP contribution in [-0.4, -0.2) is 9.75 Å². The summed E-state index contributed by atoms with van der Waals surface area (Å²) in [6.45, 7) is 4.29. The van der Waals surface area contributed by atoms with Gasteiger partial charge in [-0.3, -0.25) is 10.1 Å². The molecule has 0 aliphatic carbocycles. The second kappa shape index (κ2) is 6.50. The Hall–Kier alpha value is -1.41. The number of hydrogen-bond donors (Lipinski definition) is 0. The molecule has 0 saturated heterocycles. The molecule has 18 heavy (non-hydrogen) atoms. The number of alkyl halides is 1. The van der Waals surface area contributed by atoms with Crippen molar-refractivity contribution in [3.63, 3.8) is 0 Å². The molecule has 4 nitrogen and oxygen atoms in total. The van der Waals surface area contributed by atoms with Crippen LogP contribution in [0.1, 0.15) is 31.4 Å². The first-order valence-electron chi connectivity index (χ1n) is 5.75. The van der Waals surface area contributed by atoms with E-state index in [1.807, 2.05) is 6.07 Å². The van der Waals surface area contributed by atoms with Crippen LogP contribution < -0.4 is 0 Å². The quantitative estimate of drug-likeness (QED) is 0.471. The number of halogens is 1. The van der Waals surface area contributed by atoms with Gasteiger partial charge in [-0.25, -0.2) is 0 Å². The molecule has 0 radical (unpaired) electrons. The second-order valence-corrected chi connectivity index (χ2v) is 5.95. The molecule has 5 heteroatoms. The average molecular weight is 311 g/mol. The van der Waals surface area contributed by atoms with Gasteiger partial charge in [-0.05, 0) is 30.4 Å². The second-order valence-electron chi connectivity index (χ2n) is 4.65. The number of nitrogens with zero attached hydrogens (tertiary/aromatic N) is 2. The number of nitriles is 1. The predicted octanol–water partition coefficient (Wildman–Crippen LogP) is 3.82. The Labute approximate surface area is 115 Å². The Kier molecular flexibility index (Phi) is 5.29. The van der Waals surface area contributed by atoms with Gasteiger partial charge in [0.15, 0.2) is 0 Å². The topological polar surface area (TPSA) is 66.9 Å². The van der Waals surface area contributed by atoms with Gasteiger partial charge in [0.25, 0.3) is 5.69 Å². The van der Waals surface area contributed by atoms with Crippen LogP contribution in [0.5, 0.6) is 0 Å². The summed E-state index contributed by atoms with van der Waals surface area (Å²) in [5.41, 5.74) is 0.942. The molecule has 0 fully saturated rings. The normalized spacial score (nSPS) is 12.2. The highest BCUT2D eigenvalue weighted by Gasteiger charge is 2.15. The van der Waals surface area contributed by atoms with Crippen molar-refractivity contribution < 1.29 is 4.92 Å². The third-order valence-corrected chi connectivity index (χ3v) is 3.26. The van der Waals surface area contributed by atoms with Crippen LogP contribution in [0, 0.1) is 27.4 Å². The fourth-order valence-corrected chi connectivity index (χ4v) is 2.93. The van der Waals surface area contributed by atoms with Gasteiger partial charge in [0.2, 0.25) is 0 Å². The maximum atomic E-state index is 10.7. The summed E-state index contributed by atoms with van der Waals surface area (Å²) >= 11 is 3.59. The molecule has 0 N–H and O–H groups in total. The fraction of sp³-hybridized carbons (Fsp3) is 0.462. The zero-order chi connectivity index (χ0) is 13.7. The van der Waals surface area contributed by atoms with Gasteiger partial charge < -0.3 is 0 Å². The summed E-state index contributed by atoms with van der Waals surface area (Å²) in [4.78, 5) is 10.5. The van der Waals surface area contributed by atoms with Crippen molar-refractivity contribution in [3.8, 4) is 6.07 Å². The first-order valence-corrected chi connectivity index (χ1v) is 6.67. The van der Waals surface area contributed by atoms with E-state index < -0.39 is 4.92 Å². The van der Waals surface area contributed by atoms with Gasteiger partial charge in [-0.1, -0.05) is 35.8 Å². The standard InChI is InChI=1S/C13H15BrN2O2/c1-9(2)5-12(14)7-10-3-4-13(16(17)18)11(6-10)8-15/h3-4,6,9,12H,5,7H2,1-2H3. The maximum absolute atomic E-state index is 10.7. The van der Waals surface area contributed by atoms with Crippen LogP contribution in [0.2, 0.25) is 0 Å². The Morgan fingerprint density at radius 1 is 1.50 bits per heavy atom. The van der Waals surface area contributed by atoms with E-state index in [1.165, 1.54) is 6.07 Å². The molecule has 1 unspecified atom stereocenters. The average Bonchev–Trinajstić information content (AvgIpc) is 2.27. The highest BCUT2D eigenvalue weighted by molar-refractivity contribution is 9.09. The summed E-state index contributed by atoms with van der Waals surface area (Å²) in [6, 6.07) is 6.60. The van der Waals surface area contributed by atoms with E-state index in [4.69, 9.17) is 5.26 Å². The maximum Gasteiger partial charge on any atom is 0.287 e. The molecule has 1 aromatic rings. The van der Waals surface area contributed by atoms with Crippen LogP contribution in [0.25, 0.3) is 0 Å². The minimum atomic E-state index is -0.526.